The number of hydrogen-bond acceptors (Lipinski definition) is 8. The molecule has 2 N–H and O–H groups in total. The van der Waals surface area contributed by atoms with Gasteiger partial charge < -0.3 is 39.4 Å². The molecule has 2 saturated heterocycles. The van der Waals surface area contributed by atoms with Crippen LogP contribution in [0.3, 0.4) is 0 Å². The number of carbonyl (C=O) groups is 4. The fraction of sp³-hybridized carbons (Fsp3) is 0.436. The van der Waals surface area contributed by atoms with Gasteiger partial charge in [0.05, 0.1) is 20.3 Å². The van der Waals surface area contributed by atoms with Gasteiger partial charge in [0.25, 0.3) is 11.8 Å². The largest absolute Gasteiger partial charge is 0.496 e. The molecule has 0 radical (unpaired) electrons. The van der Waals surface area contributed by atoms with Crippen molar-refractivity contribution < 1.29 is 38.1 Å². The zero-order chi connectivity index (χ0) is 35.9. The highest BCUT2D eigenvalue weighted by atomic mass is 16.5. The van der Waals surface area contributed by atoms with Crippen molar-refractivity contribution in [2.45, 2.75) is 57.7 Å². The Labute approximate surface area is 298 Å². The summed E-state index contributed by atoms with van der Waals surface area (Å²) in [5, 5.41) is 6.04. The number of piperidine rings is 2. The highest BCUT2D eigenvalue weighted by molar-refractivity contribution is 5.95. The third kappa shape index (κ3) is 8.56. The van der Waals surface area contributed by atoms with Crippen LogP contribution in [0.4, 0.5) is 0 Å². The standard InChI is InChI=1S/C39H46N4O8/c1-25-6-4-5-7-30(25)39(47)42-17-14-27(15-18-42)38(46)43-19-16-32-31(23-43)41-37(45)24-50-35-20-26(8-12-33(35)48-2)9-13-36(44)40-22-28-10-11-29(51-32)21-34(28)49-3/h4-8,10-12,20-21,27,31-32H,9,13-19,22-24H2,1-3H3,(H,40,44)(H,41,45)/t31-,32+/m1/s1. The van der Waals surface area contributed by atoms with Gasteiger partial charge in [-0.2, -0.15) is 0 Å². The molecule has 0 unspecified atom stereocenters. The van der Waals surface area contributed by atoms with Crippen molar-refractivity contribution in [2.24, 2.45) is 5.92 Å². The fourth-order valence-electron chi connectivity index (χ4n) is 7.02. The van der Waals surface area contributed by atoms with Crippen molar-refractivity contribution in [2.75, 3.05) is 47.0 Å². The number of carbonyl (C=O) groups excluding carboxylic acids is 4. The Kier molecular flexibility index (Phi) is 11.3. The Balaban J connectivity index is 1.17. The van der Waals surface area contributed by atoms with Gasteiger partial charge in [-0.05, 0) is 67.6 Å². The summed E-state index contributed by atoms with van der Waals surface area (Å²) < 4.78 is 23.5. The molecule has 4 bridgehead atoms. The first-order valence-corrected chi connectivity index (χ1v) is 17.6. The normalized spacial score (nSPS) is 20.3. The Morgan fingerprint density at radius 1 is 0.843 bits per heavy atom. The molecular formula is C39H46N4O8. The lowest BCUT2D eigenvalue weighted by Crippen LogP contribution is -2.59. The maximum atomic E-state index is 13.9. The minimum Gasteiger partial charge on any atom is -0.496 e. The predicted molar refractivity (Wildman–Crippen MR) is 189 cm³/mol. The van der Waals surface area contributed by atoms with E-state index >= 15 is 0 Å². The van der Waals surface area contributed by atoms with Crippen molar-refractivity contribution in [1.82, 2.24) is 20.4 Å². The Morgan fingerprint density at radius 2 is 1.61 bits per heavy atom. The van der Waals surface area contributed by atoms with Gasteiger partial charge in [-0.3, -0.25) is 19.2 Å². The number of nitrogens with one attached hydrogen (secondary N) is 2. The van der Waals surface area contributed by atoms with E-state index in [1.807, 2.05) is 59.2 Å². The zero-order valence-electron chi connectivity index (χ0n) is 29.4. The Morgan fingerprint density at radius 3 is 2.37 bits per heavy atom. The number of benzene rings is 3. The van der Waals surface area contributed by atoms with Gasteiger partial charge in [0.15, 0.2) is 18.1 Å². The van der Waals surface area contributed by atoms with Crippen molar-refractivity contribution in [3.63, 3.8) is 0 Å². The number of methoxy groups -OCH3 is 2. The van der Waals surface area contributed by atoms with E-state index in [-0.39, 0.29) is 55.7 Å². The highest BCUT2D eigenvalue weighted by Gasteiger charge is 2.38. The number of amides is 4. The van der Waals surface area contributed by atoms with Crippen LogP contribution in [0.2, 0.25) is 0 Å². The first kappa shape index (κ1) is 35.6. The number of nitrogens with zero attached hydrogens (tertiary/aromatic N) is 2. The summed E-state index contributed by atoms with van der Waals surface area (Å²) in [7, 11) is 3.09. The molecule has 270 valence electrons. The summed E-state index contributed by atoms with van der Waals surface area (Å²) >= 11 is 0. The van der Waals surface area contributed by atoms with E-state index < -0.39 is 12.1 Å². The van der Waals surface area contributed by atoms with Crippen molar-refractivity contribution in [3.05, 3.63) is 82.9 Å². The molecule has 3 aromatic carbocycles. The molecule has 0 aliphatic carbocycles. The molecule has 4 amide bonds. The fourth-order valence-corrected chi connectivity index (χ4v) is 7.02. The van der Waals surface area contributed by atoms with Crippen LogP contribution < -0.4 is 29.6 Å². The molecule has 3 aromatic rings. The second-order valence-electron chi connectivity index (χ2n) is 13.3. The molecule has 2 atom stereocenters. The van der Waals surface area contributed by atoms with Gasteiger partial charge in [0.2, 0.25) is 11.8 Å². The molecule has 12 heteroatoms. The van der Waals surface area contributed by atoms with Gasteiger partial charge >= 0.3 is 0 Å². The Bertz CT molecular complexity index is 1750. The van der Waals surface area contributed by atoms with Crippen LogP contribution in [-0.2, 0) is 27.3 Å². The average Bonchev–Trinajstić information content (AvgIpc) is 3.15. The summed E-state index contributed by atoms with van der Waals surface area (Å²) in [6.07, 6.45) is 1.92. The molecule has 4 aliphatic heterocycles. The monoisotopic (exact) mass is 698 g/mol. The van der Waals surface area contributed by atoms with E-state index in [1.165, 1.54) is 7.11 Å². The number of likely N-dealkylation sites (tertiary alicyclic amines) is 2. The molecule has 2 fully saturated rings. The van der Waals surface area contributed by atoms with Gasteiger partial charge in [-0.25, -0.2) is 0 Å². The van der Waals surface area contributed by atoms with Gasteiger partial charge in [-0.15, -0.1) is 0 Å². The van der Waals surface area contributed by atoms with Crippen LogP contribution >= 0.6 is 0 Å². The maximum Gasteiger partial charge on any atom is 0.258 e. The lowest BCUT2D eigenvalue weighted by molar-refractivity contribution is -0.140. The van der Waals surface area contributed by atoms with Gasteiger partial charge in [0.1, 0.15) is 17.6 Å². The summed E-state index contributed by atoms with van der Waals surface area (Å²) in [5.74, 6) is 1.29. The van der Waals surface area contributed by atoms with E-state index in [4.69, 9.17) is 18.9 Å². The average molecular weight is 699 g/mol. The van der Waals surface area contributed by atoms with E-state index in [0.29, 0.717) is 73.9 Å². The number of ether oxygens (including phenoxy) is 4. The first-order valence-electron chi connectivity index (χ1n) is 17.6. The lowest BCUT2D eigenvalue weighted by Gasteiger charge is -2.41. The molecule has 4 heterocycles. The maximum absolute atomic E-state index is 13.9. The number of hydrogen-bond donors (Lipinski definition) is 2. The first-order chi connectivity index (χ1) is 24.7. The van der Waals surface area contributed by atoms with Crippen LogP contribution in [0.25, 0.3) is 0 Å². The van der Waals surface area contributed by atoms with Crippen LogP contribution in [0.1, 0.15) is 52.7 Å². The number of aryl methyl sites for hydroxylation is 2. The topological polar surface area (TPSA) is 136 Å². The third-order valence-electron chi connectivity index (χ3n) is 9.96. The van der Waals surface area contributed by atoms with E-state index in [2.05, 4.69) is 10.6 Å². The number of fused-ring (bicyclic) bond motifs is 9. The van der Waals surface area contributed by atoms with Crippen LogP contribution in [0.15, 0.2) is 60.7 Å². The molecule has 0 saturated carbocycles. The minimum atomic E-state index is -0.526. The second-order valence-corrected chi connectivity index (χ2v) is 13.3. The SMILES string of the molecule is COc1cc2ccc1CNC(=O)CCc1ccc(OC)c(c1)OCC(=O)N[C@@H]1CN(C(=O)C3CCN(C(=O)c4ccccc4C)CC3)CC[C@@H]1O2. The number of rotatable bonds is 4. The molecule has 0 spiro atoms. The second kappa shape index (κ2) is 16.2. The molecule has 51 heavy (non-hydrogen) atoms. The summed E-state index contributed by atoms with van der Waals surface area (Å²) in [5.41, 5.74) is 3.29. The van der Waals surface area contributed by atoms with Crippen molar-refractivity contribution in [1.29, 1.82) is 0 Å². The van der Waals surface area contributed by atoms with Crippen molar-refractivity contribution >= 4 is 23.6 Å². The molecule has 0 aromatic heterocycles. The summed E-state index contributed by atoms with van der Waals surface area (Å²) in [6.45, 7) is 3.67. The van der Waals surface area contributed by atoms with Crippen LogP contribution in [0, 0.1) is 12.8 Å². The van der Waals surface area contributed by atoms with Crippen LogP contribution in [0.5, 0.6) is 23.0 Å². The van der Waals surface area contributed by atoms with E-state index in [0.717, 1.165) is 16.7 Å². The molecule has 12 nitrogen and oxygen atoms in total. The summed E-state index contributed by atoms with van der Waals surface area (Å²) in [6, 6.07) is 17.9. The van der Waals surface area contributed by atoms with Crippen LogP contribution in [-0.4, -0.2) is 92.6 Å². The van der Waals surface area contributed by atoms with E-state index in [1.54, 1.807) is 25.3 Å². The highest BCUT2D eigenvalue weighted by Crippen LogP contribution is 2.31. The molecular weight excluding hydrogens is 652 g/mol. The van der Waals surface area contributed by atoms with Gasteiger partial charge in [0, 0.05) is 68.7 Å². The van der Waals surface area contributed by atoms with Gasteiger partial charge in [-0.1, -0.05) is 24.3 Å². The quantitative estimate of drug-likeness (QED) is 0.422. The zero-order valence-corrected chi connectivity index (χ0v) is 29.4. The Hall–Kier alpha value is -5.26. The minimum absolute atomic E-state index is 0.00607. The molecule has 7 rings (SSSR count). The predicted octanol–water partition coefficient (Wildman–Crippen LogP) is 3.67. The lowest BCUT2D eigenvalue weighted by atomic mass is 9.92. The van der Waals surface area contributed by atoms with E-state index in [9.17, 15) is 19.2 Å². The third-order valence-corrected chi connectivity index (χ3v) is 9.96. The summed E-state index contributed by atoms with van der Waals surface area (Å²) in [4.78, 5) is 56.8. The smallest absolute Gasteiger partial charge is 0.258 e. The van der Waals surface area contributed by atoms with Crippen molar-refractivity contribution in [3.8, 4) is 23.0 Å². The molecule has 4 aliphatic rings.